The Bertz CT molecular complexity index is 558. The average Bonchev–Trinajstić information content (AvgIpc) is 2.40. The van der Waals surface area contributed by atoms with Gasteiger partial charge in [0.05, 0.1) is 11.4 Å². The second-order valence-corrected chi connectivity index (χ2v) is 11.0. The number of nitrogens with zero attached hydrogens (tertiary/aromatic N) is 1. The second-order valence-electron chi connectivity index (χ2n) is 6.23. The van der Waals surface area contributed by atoms with E-state index < -0.39 is 10.3 Å². The number of halogens is 2. The lowest BCUT2D eigenvalue weighted by Gasteiger charge is -2.44. The number of benzene rings is 1. The van der Waals surface area contributed by atoms with Crippen LogP contribution in [-0.4, -0.2) is 23.9 Å². The van der Waals surface area contributed by atoms with E-state index in [1.165, 1.54) is 23.3 Å². The van der Waals surface area contributed by atoms with Crippen molar-refractivity contribution in [2.75, 3.05) is 24.1 Å². The molecule has 4 N–H and O–H groups in total. The minimum absolute atomic E-state index is 0.0333. The van der Waals surface area contributed by atoms with E-state index in [0.29, 0.717) is 15.9 Å². The normalized spacial score (nSPS) is 14.1. The summed E-state index contributed by atoms with van der Waals surface area (Å²) in [4.78, 5) is 0. The number of hydrazine groups is 1. The zero-order chi connectivity index (χ0) is 17.1. The van der Waals surface area contributed by atoms with Gasteiger partial charge in [0.15, 0.2) is 0 Å². The molecule has 0 fully saturated rings. The zero-order valence-corrected chi connectivity index (χ0v) is 16.1. The van der Waals surface area contributed by atoms with Crippen molar-refractivity contribution < 1.29 is 8.57 Å². The van der Waals surface area contributed by atoms with Crippen LogP contribution in [-0.2, 0) is 4.18 Å². The summed E-state index contributed by atoms with van der Waals surface area (Å²) in [6.45, 7) is 6.67. The van der Waals surface area contributed by atoms with Crippen LogP contribution in [0.2, 0.25) is 0 Å². The van der Waals surface area contributed by atoms with Gasteiger partial charge in [0.25, 0.3) is 0 Å². The Kier molecular flexibility index (Phi) is 6.32. The molecule has 0 aromatic heterocycles. The molecule has 0 aliphatic rings. The van der Waals surface area contributed by atoms with Gasteiger partial charge in [0, 0.05) is 21.5 Å². The van der Waals surface area contributed by atoms with E-state index in [1.807, 2.05) is 0 Å². The summed E-state index contributed by atoms with van der Waals surface area (Å²) in [6, 6.07) is 4.30. The van der Waals surface area contributed by atoms with Gasteiger partial charge in [-0.2, -0.15) is 0 Å². The Morgan fingerprint density at radius 3 is 2.50 bits per heavy atom. The van der Waals surface area contributed by atoms with Gasteiger partial charge < -0.3 is 9.92 Å². The number of nitrogens with two attached hydrogens (primary N) is 2. The molecule has 7 heteroatoms. The molecule has 0 aliphatic carbocycles. The molecule has 0 radical (unpaired) electrons. The summed E-state index contributed by atoms with van der Waals surface area (Å²) in [5, 5.41) is 1.34. The largest absolute Gasteiger partial charge is 0.403 e. The third kappa shape index (κ3) is 4.62. The monoisotopic (exact) mass is 393 g/mol. The van der Waals surface area contributed by atoms with Gasteiger partial charge in [-0.1, -0.05) is 20.8 Å². The zero-order valence-electron chi connectivity index (χ0n) is 13.7. The quantitative estimate of drug-likeness (QED) is 0.588. The minimum atomic E-state index is -1.30. The van der Waals surface area contributed by atoms with E-state index in [2.05, 4.69) is 49.2 Å². The first-order valence-electron chi connectivity index (χ1n) is 6.77. The van der Waals surface area contributed by atoms with Crippen molar-refractivity contribution in [2.45, 2.75) is 25.5 Å². The number of anilines is 1. The SMILES string of the molecule is CC(C)(C)S(C)(C)OC/C(=C/N)N(N)c1cc(F)ccc1Br. The van der Waals surface area contributed by atoms with Crippen LogP contribution in [0.4, 0.5) is 10.1 Å². The van der Waals surface area contributed by atoms with Gasteiger partial charge in [-0.3, -0.25) is 5.01 Å². The van der Waals surface area contributed by atoms with Crippen molar-refractivity contribution >= 4 is 31.9 Å². The van der Waals surface area contributed by atoms with Gasteiger partial charge >= 0.3 is 0 Å². The van der Waals surface area contributed by atoms with Crippen molar-refractivity contribution in [2.24, 2.45) is 11.6 Å². The molecule has 1 aromatic carbocycles. The summed E-state index contributed by atoms with van der Waals surface area (Å²) >= 11 is 3.36. The van der Waals surface area contributed by atoms with Crippen LogP contribution in [0.5, 0.6) is 0 Å². The summed E-state index contributed by atoms with van der Waals surface area (Å²) in [7, 11) is -1.30. The lowest BCUT2D eigenvalue weighted by molar-refractivity contribution is 0.381. The summed E-state index contributed by atoms with van der Waals surface area (Å²) < 4.78 is 20.2. The molecule has 0 amide bonds. The van der Waals surface area contributed by atoms with Crippen molar-refractivity contribution in [3.05, 3.63) is 40.4 Å². The van der Waals surface area contributed by atoms with Crippen molar-refractivity contribution in [3.63, 3.8) is 0 Å². The summed E-state index contributed by atoms with van der Waals surface area (Å²) in [6.07, 6.45) is 5.58. The molecule has 1 rings (SSSR count). The number of hydrogen-bond donors (Lipinski definition) is 2. The van der Waals surface area contributed by atoms with Gasteiger partial charge in [0.2, 0.25) is 0 Å². The van der Waals surface area contributed by atoms with Crippen LogP contribution in [0.25, 0.3) is 0 Å². The molecular weight excluding hydrogens is 369 g/mol. The lowest BCUT2D eigenvalue weighted by atomic mass is 10.3. The Labute approximate surface area is 142 Å². The van der Waals surface area contributed by atoms with E-state index in [-0.39, 0.29) is 17.2 Å². The maximum atomic E-state index is 13.4. The minimum Gasteiger partial charge on any atom is -0.403 e. The van der Waals surface area contributed by atoms with Gasteiger partial charge in [-0.05, 0) is 40.6 Å². The van der Waals surface area contributed by atoms with E-state index in [4.69, 9.17) is 15.8 Å². The molecule has 0 heterocycles. The third-order valence-electron chi connectivity index (χ3n) is 3.65. The molecule has 22 heavy (non-hydrogen) atoms. The molecule has 126 valence electrons. The highest BCUT2D eigenvalue weighted by Gasteiger charge is 2.29. The third-order valence-corrected chi connectivity index (χ3v) is 7.97. The molecular formula is C15H25BrFN3OS. The summed E-state index contributed by atoms with van der Waals surface area (Å²) in [5.41, 5.74) is 6.73. The van der Waals surface area contributed by atoms with Gasteiger partial charge in [-0.25, -0.2) is 10.2 Å². The highest BCUT2D eigenvalue weighted by molar-refractivity contribution is 9.10. The van der Waals surface area contributed by atoms with Crippen molar-refractivity contribution in [1.29, 1.82) is 0 Å². The van der Waals surface area contributed by atoms with Gasteiger partial charge in [0.1, 0.15) is 12.4 Å². The summed E-state index contributed by atoms with van der Waals surface area (Å²) in [5.74, 6) is 5.71. The van der Waals surface area contributed by atoms with Crippen LogP contribution < -0.4 is 16.6 Å². The second kappa shape index (κ2) is 7.21. The van der Waals surface area contributed by atoms with E-state index >= 15 is 0 Å². The Hall–Kier alpha value is -0.760. The maximum Gasteiger partial charge on any atom is 0.125 e. The van der Waals surface area contributed by atoms with E-state index in [0.717, 1.165) is 0 Å². The van der Waals surface area contributed by atoms with Gasteiger partial charge in [-0.15, -0.1) is 10.3 Å². The van der Waals surface area contributed by atoms with Crippen LogP contribution >= 0.6 is 26.2 Å². The molecule has 0 unspecified atom stereocenters. The fourth-order valence-corrected chi connectivity index (χ4v) is 2.61. The smallest absolute Gasteiger partial charge is 0.125 e. The van der Waals surface area contributed by atoms with Crippen molar-refractivity contribution in [3.8, 4) is 0 Å². The first-order chi connectivity index (χ1) is 9.99. The Balaban J connectivity index is 2.92. The van der Waals surface area contributed by atoms with Crippen LogP contribution in [0.3, 0.4) is 0 Å². The maximum absolute atomic E-state index is 13.4. The topological polar surface area (TPSA) is 64.5 Å². The van der Waals surface area contributed by atoms with Crippen LogP contribution in [0.15, 0.2) is 34.6 Å². The molecule has 0 saturated carbocycles. The van der Waals surface area contributed by atoms with Crippen LogP contribution in [0.1, 0.15) is 20.8 Å². The van der Waals surface area contributed by atoms with Crippen LogP contribution in [0, 0.1) is 5.82 Å². The number of hydrogen-bond acceptors (Lipinski definition) is 4. The molecule has 0 saturated heterocycles. The Morgan fingerprint density at radius 1 is 1.41 bits per heavy atom. The first-order valence-corrected chi connectivity index (χ1v) is 9.94. The molecule has 0 aliphatic heterocycles. The van der Waals surface area contributed by atoms with E-state index in [9.17, 15) is 4.39 Å². The number of rotatable bonds is 5. The van der Waals surface area contributed by atoms with Crippen molar-refractivity contribution in [1.82, 2.24) is 0 Å². The first kappa shape index (κ1) is 19.3. The fraction of sp³-hybridized carbons (Fsp3) is 0.467. The standard InChI is InChI=1S/C15H25BrFN3OS/c1-15(2,3)22(4,5)21-10-12(9-18)20(19)14-8-11(17)6-7-13(14)16/h6-9H,10,18-19H2,1-5H3/b12-9-. The molecule has 0 atom stereocenters. The molecule has 0 bridgehead atoms. The predicted molar refractivity (Wildman–Crippen MR) is 98.2 cm³/mol. The highest BCUT2D eigenvalue weighted by atomic mass is 79.9. The van der Waals surface area contributed by atoms with E-state index in [1.54, 1.807) is 6.07 Å². The average molecular weight is 394 g/mol. The molecule has 1 aromatic rings. The molecule has 4 nitrogen and oxygen atoms in total. The fourth-order valence-electron chi connectivity index (χ4n) is 1.41. The predicted octanol–water partition coefficient (Wildman–Crippen LogP) is 3.86. The molecule has 0 spiro atoms. The highest BCUT2D eigenvalue weighted by Crippen LogP contribution is 2.53. The Morgan fingerprint density at radius 2 is 2.00 bits per heavy atom. The lowest BCUT2D eigenvalue weighted by Crippen LogP contribution is -2.34.